The van der Waals surface area contributed by atoms with E-state index in [4.69, 9.17) is 4.74 Å². The number of likely N-dealkylation sites (tertiary alicyclic amines) is 1. The Bertz CT molecular complexity index is 602. The highest BCUT2D eigenvalue weighted by atomic mass is 19.1. The molecule has 4 nitrogen and oxygen atoms in total. The second-order valence-corrected chi connectivity index (χ2v) is 7.31. The fourth-order valence-corrected chi connectivity index (χ4v) is 3.83. The maximum Gasteiger partial charge on any atom is 0.253 e. The number of halogens is 1. The lowest BCUT2D eigenvalue weighted by Crippen LogP contribution is -2.68. The summed E-state index contributed by atoms with van der Waals surface area (Å²) < 4.78 is 19.2. The van der Waals surface area contributed by atoms with E-state index in [0.717, 1.165) is 37.7 Å². The predicted molar refractivity (Wildman–Crippen MR) is 85.8 cm³/mol. The summed E-state index contributed by atoms with van der Waals surface area (Å²) in [6, 6.07) is 6.21. The largest absolute Gasteiger partial charge is 0.363 e. The summed E-state index contributed by atoms with van der Waals surface area (Å²) in [5, 5.41) is 0. The van der Waals surface area contributed by atoms with Crippen molar-refractivity contribution in [3.8, 4) is 0 Å². The molecule has 1 aromatic rings. The first-order valence-electron chi connectivity index (χ1n) is 8.49. The fourth-order valence-electron chi connectivity index (χ4n) is 3.83. The van der Waals surface area contributed by atoms with Gasteiger partial charge in [-0.25, -0.2) is 4.39 Å². The minimum atomic E-state index is -0.317. The highest BCUT2D eigenvalue weighted by Crippen LogP contribution is 2.38. The van der Waals surface area contributed by atoms with Crippen LogP contribution in [-0.2, 0) is 9.53 Å². The van der Waals surface area contributed by atoms with Gasteiger partial charge in [0.1, 0.15) is 12.4 Å². The quantitative estimate of drug-likeness (QED) is 0.858. The number of nitrogens with zero attached hydrogens (tertiary/aromatic N) is 2. The van der Waals surface area contributed by atoms with E-state index in [2.05, 4.69) is 11.8 Å². The highest BCUT2D eigenvalue weighted by molar-refractivity contribution is 5.96. The van der Waals surface area contributed by atoms with Crippen LogP contribution in [0.2, 0.25) is 0 Å². The van der Waals surface area contributed by atoms with Gasteiger partial charge >= 0.3 is 0 Å². The molecule has 23 heavy (non-hydrogen) atoms. The zero-order valence-corrected chi connectivity index (χ0v) is 13.5. The van der Waals surface area contributed by atoms with Gasteiger partial charge in [-0.3, -0.25) is 4.79 Å². The average Bonchev–Trinajstić information content (AvgIpc) is 3.34. The number of rotatable bonds is 3. The maximum atomic E-state index is 13.2. The van der Waals surface area contributed by atoms with E-state index in [-0.39, 0.29) is 30.0 Å². The Morgan fingerprint density at radius 3 is 2.74 bits per heavy atom. The molecule has 0 spiro atoms. The van der Waals surface area contributed by atoms with Crippen molar-refractivity contribution >= 4 is 11.6 Å². The molecule has 2 saturated heterocycles. The Morgan fingerprint density at radius 1 is 1.30 bits per heavy atom. The van der Waals surface area contributed by atoms with Crippen LogP contribution in [0.1, 0.15) is 26.2 Å². The van der Waals surface area contributed by atoms with Gasteiger partial charge in [0.2, 0.25) is 0 Å². The molecule has 4 rings (SSSR count). The number of ether oxygens (including phenoxy) is 1. The molecule has 2 heterocycles. The van der Waals surface area contributed by atoms with Crippen LogP contribution in [-0.4, -0.2) is 48.7 Å². The van der Waals surface area contributed by atoms with Gasteiger partial charge in [-0.15, -0.1) is 0 Å². The zero-order valence-electron chi connectivity index (χ0n) is 13.5. The number of benzene rings is 1. The molecule has 5 heteroatoms. The van der Waals surface area contributed by atoms with Crippen LogP contribution >= 0.6 is 0 Å². The maximum absolute atomic E-state index is 13.2. The molecule has 0 aromatic heterocycles. The number of amides is 1. The minimum absolute atomic E-state index is 0.0123. The Kier molecular flexibility index (Phi) is 3.65. The van der Waals surface area contributed by atoms with Crippen LogP contribution in [0.4, 0.5) is 10.1 Å². The molecule has 1 aromatic carbocycles. The lowest BCUT2D eigenvalue weighted by molar-refractivity contribution is -0.150. The monoisotopic (exact) mass is 318 g/mol. The first-order valence-corrected chi connectivity index (χ1v) is 8.49. The third-order valence-electron chi connectivity index (χ3n) is 5.48. The number of morpholine rings is 1. The average molecular weight is 318 g/mol. The number of anilines is 1. The van der Waals surface area contributed by atoms with Crippen molar-refractivity contribution in [2.75, 3.05) is 31.1 Å². The predicted octanol–water partition coefficient (Wildman–Crippen LogP) is 2.43. The van der Waals surface area contributed by atoms with E-state index in [0.29, 0.717) is 0 Å². The van der Waals surface area contributed by atoms with E-state index in [9.17, 15) is 9.18 Å². The lowest BCUT2D eigenvalue weighted by Gasteiger charge is -2.52. The molecule has 3 fully saturated rings. The molecule has 2 aliphatic heterocycles. The Morgan fingerprint density at radius 2 is 2.04 bits per heavy atom. The van der Waals surface area contributed by atoms with Gasteiger partial charge in [0.15, 0.2) is 0 Å². The van der Waals surface area contributed by atoms with E-state index < -0.39 is 0 Å². The van der Waals surface area contributed by atoms with Crippen LogP contribution in [0.5, 0.6) is 0 Å². The minimum Gasteiger partial charge on any atom is -0.363 e. The van der Waals surface area contributed by atoms with E-state index in [1.165, 1.54) is 25.0 Å². The van der Waals surface area contributed by atoms with Crippen molar-refractivity contribution in [3.63, 3.8) is 0 Å². The molecule has 0 N–H and O–H groups in total. The van der Waals surface area contributed by atoms with Crippen molar-refractivity contribution < 1.29 is 13.9 Å². The van der Waals surface area contributed by atoms with E-state index in [1.54, 1.807) is 12.1 Å². The second kappa shape index (κ2) is 5.56. The molecule has 0 bridgehead atoms. The third kappa shape index (κ3) is 2.88. The van der Waals surface area contributed by atoms with Crippen molar-refractivity contribution in [3.05, 3.63) is 30.1 Å². The zero-order chi connectivity index (χ0) is 16.0. The van der Waals surface area contributed by atoms with E-state index in [1.807, 2.05) is 4.90 Å². The summed E-state index contributed by atoms with van der Waals surface area (Å²) in [6.45, 7) is 5.19. The van der Waals surface area contributed by atoms with Crippen LogP contribution in [0, 0.1) is 11.7 Å². The standard InChI is InChI=1S/C18H23FN2O2/c1-18-8-9-20(10-13-2-3-13)11-16(18)21(17(22)12-23-18)15-6-4-14(19)5-7-15/h4-7,13,16H,2-3,8-12H2,1H3/t16-,18-/m1/s1. The molecule has 0 radical (unpaired) electrons. The number of fused-ring (bicyclic) bond motifs is 1. The fraction of sp³-hybridized carbons (Fsp3) is 0.611. The molecule has 1 aliphatic carbocycles. The second-order valence-electron chi connectivity index (χ2n) is 7.31. The number of carbonyl (C=O) groups excluding carboxylic acids is 1. The lowest BCUT2D eigenvalue weighted by atomic mass is 9.85. The molecule has 2 atom stereocenters. The molecular weight excluding hydrogens is 295 g/mol. The summed E-state index contributed by atoms with van der Waals surface area (Å²) in [4.78, 5) is 16.8. The number of hydrogen-bond acceptors (Lipinski definition) is 3. The van der Waals surface area contributed by atoms with E-state index >= 15 is 0 Å². The summed E-state index contributed by atoms with van der Waals surface area (Å²) >= 11 is 0. The van der Waals surface area contributed by atoms with Gasteiger partial charge in [0.25, 0.3) is 5.91 Å². The van der Waals surface area contributed by atoms with Gasteiger partial charge in [-0.05, 0) is 56.4 Å². The Balaban J connectivity index is 1.61. The summed E-state index contributed by atoms with van der Waals surface area (Å²) in [7, 11) is 0. The van der Waals surface area contributed by atoms with Crippen LogP contribution < -0.4 is 4.90 Å². The smallest absolute Gasteiger partial charge is 0.253 e. The molecule has 3 aliphatic rings. The molecule has 0 unspecified atom stereocenters. The topological polar surface area (TPSA) is 32.8 Å². The highest BCUT2D eigenvalue weighted by Gasteiger charge is 2.49. The van der Waals surface area contributed by atoms with Gasteiger partial charge in [0.05, 0.1) is 11.6 Å². The van der Waals surface area contributed by atoms with Crippen LogP contribution in [0.25, 0.3) is 0 Å². The van der Waals surface area contributed by atoms with Gasteiger partial charge in [-0.2, -0.15) is 0 Å². The normalized spacial score (nSPS) is 32.0. The summed E-state index contributed by atoms with van der Waals surface area (Å²) in [5.41, 5.74) is 0.451. The number of piperidine rings is 1. The van der Waals surface area contributed by atoms with Crippen LogP contribution in [0.15, 0.2) is 24.3 Å². The SMILES string of the molecule is C[C@@]12CCN(CC3CC3)C[C@H]1N(c1ccc(F)cc1)C(=O)CO2. The summed E-state index contributed by atoms with van der Waals surface area (Å²) in [6.07, 6.45) is 3.58. The van der Waals surface area contributed by atoms with Crippen molar-refractivity contribution in [2.24, 2.45) is 5.92 Å². The van der Waals surface area contributed by atoms with Crippen molar-refractivity contribution in [1.29, 1.82) is 0 Å². The van der Waals surface area contributed by atoms with Gasteiger partial charge in [-0.1, -0.05) is 0 Å². The molecule has 1 saturated carbocycles. The third-order valence-corrected chi connectivity index (χ3v) is 5.48. The first kappa shape index (κ1) is 15.1. The van der Waals surface area contributed by atoms with Gasteiger partial charge < -0.3 is 14.5 Å². The van der Waals surface area contributed by atoms with Crippen LogP contribution in [0.3, 0.4) is 0 Å². The summed E-state index contributed by atoms with van der Waals surface area (Å²) in [5.74, 6) is 0.516. The Hall–Kier alpha value is -1.46. The number of hydrogen-bond donors (Lipinski definition) is 0. The first-order chi connectivity index (χ1) is 11.0. The number of carbonyl (C=O) groups is 1. The molecule has 1 amide bonds. The molecular formula is C18H23FN2O2. The van der Waals surface area contributed by atoms with Crippen molar-refractivity contribution in [1.82, 2.24) is 4.90 Å². The Labute approximate surface area is 136 Å². The van der Waals surface area contributed by atoms with Gasteiger partial charge in [0, 0.05) is 25.3 Å². The molecule has 124 valence electrons. The van der Waals surface area contributed by atoms with Crippen molar-refractivity contribution in [2.45, 2.75) is 37.8 Å².